The van der Waals surface area contributed by atoms with Crippen LogP contribution in [0.5, 0.6) is 5.75 Å². The number of hydrogen-bond donors (Lipinski definition) is 1. The monoisotopic (exact) mass is 428 g/mol. The molecule has 2 aliphatic rings. The molecule has 0 bridgehead atoms. The number of benzene rings is 2. The van der Waals surface area contributed by atoms with Crippen molar-refractivity contribution in [1.82, 2.24) is 10.3 Å². The number of carbonyl (C=O) groups is 1. The molecule has 2 atom stereocenters. The molecule has 0 radical (unpaired) electrons. The van der Waals surface area contributed by atoms with Crippen LogP contribution in [0.25, 0.3) is 0 Å². The van der Waals surface area contributed by atoms with Crippen LogP contribution in [0.1, 0.15) is 11.3 Å². The van der Waals surface area contributed by atoms with Crippen molar-refractivity contribution >= 4 is 17.3 Å². The van der Waals surface area contributed by atoms with E-state index in [-0.39, 0.29) is 17.9 Å². The van der Waals surface area contributed by atoms with Crippen molar-refractivity contribution in [3.63, 3.8) is 0 Å². The molecule has 0 spiro atoms. The number of nitrogens with one attached hydrogen (secondary N) is 1. The number of hydrogen-bond acceptors (Lipinski definition) is 5. The van der Waals surface area contributed by atoms with Crippen LogP contribution in [0, 0.1) is 5.92 Å². The predicted molar refractivity (Wildman–Crippen MR) is 126 cm³/mol. The van der Waals surface area contributed by atoms with Crippen molar-refractivity contribution in [2.45, 2.75) is 19.0 Å². The molecule has 1 saturated heterocycles. The van der Waals surface area contributed by atoms with Crippen molar-refractivity contribution in [2.75, 3.05) is 36.5 Å². The fraction of sp³-hybridized carbons (Fsp3) is 0.308. The van der Waals surface area contributed by atoms with Gasteiger partial charge in [-0.05, 0) is 42.3 Å². The highest BCUT2D eigenvalue weighted by Gasteiger charge is 2.41. The van der Waals surface area contributed by atoms with Crippen molar-refractivity contribution in [3.05, 3.63) is 84.2 Å². The third-order valence-electron chi connectivity index (χ3n) is 6.55. The van der Waals surface area contributed by atoms with E-state index in [1.54, 1.807) is 13.3 Å². The molecular weight excluding hydrogens is 400 g/mol. The van der Waals surface area contributed by atoms with Gasteiger partial charge in [0.1, 0.15) is 5.75 Å². The molecule has 3 aromatic rings. The maximum absolute atomic E-state index is 13.4. The van der Waals surface area contributed by atoms with Gasteiger partial charge in [-0.25, -0.2) is 0 Å². The predicted octanol–water partition coefficient (Wildman–Crippen LogP) is 3.27. The Hall–Kier alpha value is -3.54. The number of nitrogens with zero attached hydrogens (tertiary/aromatic N) is 3. The second-order valence-corrected chi connectivity index (χ2v) is 8.39. The second-order valence-electron chi connectivity index (χ2n) is 8.39. The number of rotatable bonds is 5. The first kappa shape index (κ1) is 20.4. The number of methoxy groups -OCH3 is 1. The first-order valence-corrected chi connectivity index (χ1v) is 11.1. The summed E-state index contributed by atoms with van der Waals surface area (Å²) < 4.78 is 5.49. The molecule has 1 N–H and O–H groups in total. The topological polar surface area (TPSA) is 57.7 Å². The van der Waals surface area contributed by atoms with Gasteiger partial charge >= 0.3 is 0 Å². The maximum atomic E-state index is 13.4. The molecule has 6 nitrogen and oxygen atoms in total. The van der Waals surface area contributed by atoms with E-state index in [0.717, 1.165) is 37.5 Å². The van der Waals surface area contributed by atoms with E-state index in [9.17, 15) is 4.79 Å². The summed E-state index contributed by atoms with van der Waals surface area (Å²) in [7, 11) is 1.70. The lowest BCUT2D eigenvalue weighted by Crippen LogP contribution is -2.61. The van der Waals surface area contributed by atoms with Gasteiger partial charge in [-0.15, -0.1) is 0 Å². The van der Waals surface area contributed by atoms with Gasteiger partial charge in [0.05, 0.1) is 31.3 Å². The van der Waals surface area contributed by atoms with Crippen LogP contribution in [0.2, 0.25) is 0 Å². The highest BCUT2D eigenvalue weighted by molar-refractivity contribution is 5.82. The number of pyridine rings is 1. The Morgan fingerprint density at radius 1 is 1.09 bits per heavy atom. The Balaban J connectivity index is 1.42. The van der Waals surface area contributed by atoms with Gasteiger partial charge in [0, 0.05) is 43.3 Å². The third-order valence-corrected chi connectivity index (χ3v) is 6.55. The summed E-state index contributed by atoms with van der Waals surface area (Å²) in [6.07, 6.45) is 2.48. The van der Waals surface area contributed by atoms with Crippen LogP contribution in [0.4, 0.5) is 11.4 Å². The molecule has 2 aliphatic heterocycles. The molecule has 3 heterocycles. The standard InChI is InChI=1S/C26H28N4O2/c1-32-22-11-10-19-15-23(26(31)28-17-20-7-5-6-12-27-20)25-18-29(21-8-3-2-4-9-21)13-14-30(25)24(19)16-22/h2-12,16,23,25H,13-15,17-18H2,1H3,(H,28,31)/t23-,25+/m0/s1. The Bertz CT molecular complexity index is 1070. The molecule has 1 aromatic heterocycles. The van der Waals surface area contributed by atoms with Gasteiger partial charge in [-0.1, -0.05) is 30.3 Å². The minimum absolute atomic E-state index is 0.0852. The van der Waals surface area contributed by atoms with Crippen LogP contribution in [0.3, 0.4) is 0 Å². The number of para-hydroxylation sites is 1. The van der Waals surface area contributed by atoms with Crippen LogP contribution in [-0.2, 0) is 17.8 Å². The van der Waals surface area contributed by atoms with Crippen molar-refractivity contribution in [3.8, 4) is 5.75 Å². The summed E-state index contributed by atoms with van der Waals surface area (Å²) in [5.41, 5.74) is 4.47. The van der Waals surface area contributed by atoms with Crippen molar-refractivity contribution < 1.29 is 9.53 Å². The molecule has 5 rings (SSSR count). The van der Waals surface area contributed by atoms with Gasteiger partial charge in [-0.3, -0.25) is 9.78 Å². The minimum Gasteiger partial charge on any atom is -0.497 e. The number of amides is 1. The van der Waals surface area contributed by atoms with E-state index >= 15 is 0 Å². The molecule has 1 amide bonds. The second kappa shape index (κ2) is 8.91. The first-order chi connectivity index (χ1) is 15.7. The third kappa shape index (κ3) is 4.00. The van der Waals surface area contributed by atoms with E-state index in [2.05, 4.69) is 56.5 Å². The number of carbonyl (C=O) groups excluding carboxylic acids is 1. The smallest absolute Gasteiger partial charge is 0.225 e. The maximum Gasteiger partial charge on any atom is 0.225 e. The van der Waals surface area contributed by atoms with E-state index in [1.165, 1.54) is 16.9 Å². The lowest BCUT2D eigenvalue weighted by atomic mass is 9.83. The normalized spacial score (nSPS) is 19.7. The van der Waals surface area contributed by atoms with Gasteiger partial charge in [0.15, 0.2) is 0 Å². The zero-order valence-electron chi connectivity index (χ0n) is 18.3. The zero-order chi connectivity index (χ0) is 21.9. The average Bonchev–Trinajstić information content (AvgIpc) is 2.87. The molecular formula is C26H28N4O2. The van der Waals surface area contributed by atoms with Crippen molar-refractivity contribution in [1.29, 1.82) is 0 Å². The Morgan fingerprint density at radius 3 is 2.72 bits per heavy atom. The van der Waals surface area contributed by atoms with Gasteiger partial charge in [0.25, 0.3) is 0 Å². The number of anilines is 2. The fourth-order valence-corrected chi connectivity index (χ4v) is 4.89. The molecule has 0 aliphatic carbocycles. The quantitative estimate of drug-likeness (QED) is 0.676. The average molecular weight is 429 g/mol. The lowest BCUT2D eigenvalue weighted by molar-refractivity contribution is -0.126. The largest absolute Gasteiger partial charge is 0.497 e. The first-order valence-electron chi connectivity index (χ1n) is 11.1. The van der Waals surface area contributed by atoms with Gasteiger partial charge in [-0.2, -0.15) is 0 Å². The molecule has 32 heavy (non-hydrogen) atoms. The highest BCUT2D eigenvalue weighted by Crippen LogP contribution is 2.38. The number of piperazine rings is 1. The molecule has 0 saturated carbocycles. The molecule has 6 heteroatoms. The molecule has 1 fully saturated rings. The number of ether oxygens (including phenoxy) is 1. The summed E-state index contributed by atoms with van der Waals surface area (Å²) >= 11 is 0. The fourth-order valence-electron chi connectivity index (χ4n) is 4.89. The van der Waals surface area contributed by atoms with E-state index in [1.807, 2.05) is 30.3 Å². The SMILES string of the molecule is COc1ccc2c(c1)N1CCN(c3ccccc3)C[C@@H]1[C@@H](C(=O)NCc1ccccn1)C2. The summed E-state index contributed by atoms with van der Waals surface area (Å²) in [5.74, 6) is 0.805. The highest BCUT2D eigenvalue weighted by atomic mass is 16.5. The molecule has 164 valence electrons. The van der Waals surface area contributed by atoms with Crippen LogP contribution in [0.15, 0.2) is 72.9 Å². The van der Waals surface area contributed by atoms with Crippen LogP contribution < -0.4 is 19.9 Å². The summed E-state index contributed by atoms with van der Waals surface area (Å²) in [6.45, 7) is 3.03. The van der Waals surface area contributed by atoms with E-state index < -0.39 is 0 Å². The summed E-state index contributed by atoms with van der Waals surface area (Å²) in [4.78, 5) is 22.5. The summed E-state index contributed by atoms with van der Waals surface area (Å²) in [5, 5.41) is 3.14. The lowest BCUT2D eigenvalue weighted by Gasteiger charge is -2.49. The van der Waals surface area contributed by atoms with Gasteiger partial charge < -0.3 is 19.9 Å². The van der Waals surface area contributed by atoms with Crippen LogP contribution in [-0.4, -0.2) is 43.7 Å². The summed E-state index contributed by atoms with van der Waals surface area (Å²) in [6, 6.07) is 22.5. The molecule has 2 aromatic carbocycles. The number of aromatic nitrogens is 1. The number of fused-ring (bicyclic) bond motifs is 3. The minimum atomic E-state index is -0.133. The van der Waals surface area contributed by atoms with Gasteiger partial charge in [0.2, 0.25) is 5.91 Å². The molecule has 0 unspecified atom stereocenters. The Labute approximate surface area is 188 Å². The van der Waals surface area contributed by atoms with E-state index in [0.29, 0.717) is 6.54 Å². The van der Waals surface area contributed by atoms with Crippen LogP contribution >= 0.6 is 0 Å². The zero-order valence-corrected chi connectivity index (χ0v) is 18.3. The Morgan fingerprint density at radius 2 is 1.94 bits per heavy atom. The Kier molecular flexibility index (Phi) is 5.67. The van der Waals surface area contributed by atoms with Crippen molar-refractivity contribution in [2.24, 2.45) is 5.92 Å². The van der Waals surface area contributed by atoms with E-state index in [4.69, 9.17) is 4.74 Å².